The van der Waals surface area contributed by atoms with Gasteiger partial charge in [-0.3, -0.25) is 14.9 Å². The second kappa shape index (κ2) is 16.3. The van der Waals surface area contributed by atoms with E-state index in [-0.39, 0.29) is 62.6 Å². The van der Waals surface area contributed by atoms with Crippen LogP contribution in [0, 0.1) is 34.1 Å². The second-order valence-corrected chi connectivity index (χ2v) is 14.6. The Kier molecular flexibility index (Phi) is 12.9. The summed E-state index contributed by atoms with van der Waals surface area (Å²) in [5, 5.41) is 37.2. The summed E-state index contributed by atoms with van der Waals surface area (Å²) in [5.41, 5.74) is -3.84. The Labute approximate surface area is 323 Å². The lowest BCUT2D eigenvalue weighted by atomic mass is 9.73. The van der Waals surface area contributed by atoms with Gasteiger partial charge in [0.2, 0.25) is 0 Å². The van der Waals surface area contributed by atoms with Gasteiger partial charge in [-0.15, -0.1) is 10.1 Å². The predicted molar refractivity (Wildman–Crippen MR) is 191 cm³/mol. The maximum atomic E-state index is 13.3. The van der Waals surface area contributed by atoms with Crippen LogP contribution in [-0.4, -0.2) is 75.7 Å². The maximum absolute atomic E-state index is 13.3. The van der Waals surface area contributed by atoms with E-state index in [2.05, 4.69) is 0 Å². The zero-order valence-electron chi connectivity index (χ0n) is 28.9. The van der Waals surface area contributed by atoms with E-state index in [4.69, 9.17) is 80.7 Å². The first kappa shape index (κ1) is 42.0. The number of halogens is 4. The number of ketones is 1. The highest BCUT2D eigenvalue weighted by molar-refractivity contribution is 6.44. The Morgan fingerprint density at radius 1 is 0.792 bits per heavy atom. The van der Waals surface area contributed by atoms with Gasteiger partial charge in [-0.2, -0.15) is 0 Å². The SMILES string of the molecule is COC1CCC2(CC1)OC(=O)C(c1c(C)ccc(Cl)c1Cl)=C2O.COC1CCC2(CC1)OC(=O)C(c1c(Cl)ccc(Cl)c1C)([N+](=O)[O-])C2=O.O=[N+]([O-])O. The van der Waals surface area contributed by atoms with Gasteiger partial charge in [0.1, 0.15) is 5.57 Å². The van der Waals surface area contributed by atoms with Crippen LogP contribution in [0.1, 0.15) is 73.6 Å². The Morgan fingerprint density at radius 2 is 1.26 bits per heavy atom. The van der Waals surface area contributed by atoms with Gasteiger partial charge in [0.15, 0.2) is 17.0 Å². The van der Waals surface area contributed by atoms with Crippen LogP contribution in [0.5, 0.6) is 0 Å². The molecule has 1 atom stereocenters. The molecule has 2 aromatic rings. The number of aryl methyl sites for hydroxylation is 1. The number of nitrogens with zero attached hydrogens (tertiary/aromatic N) is 2. The van der Waals surface area contributed by atoms with E-state index in [1.165, 1.54) is 19.1 Å². The van der Waals surface area contributed by atoms with Crippen LogP contribution in [0.15, 0.2) is 30.0 Å². The largest absolute Gasteiger partial charge is 0.507 e. The number of hydrogen-bond acceptors (Lipinski definition) is 12. The molecule has 2 spiro atoms. The summed E-state index contributed by atoms with van der Waals surface area (Å²) in [5.74, 6) is -2.69. The number of carbonyl (C=O) groups is 3. The smallest absolute Gasteiger partial charge is 0.404 e. The van der Waals surface area contributed by atoms with Crippen molar-refractivity contribution in [3.63, 3.8) is 0 Å². The summed E-state index contributed by atoms with van der Waals surface area (Å²) < 4.78 is 21.6. The molecule has 6 rings (SSSR count). The third-order valence-corrected chi connectivity index (χ3v) is 11.7. The molecule has 1 unspecified atom stereocenters. The van der Waals surface area contributed by atoms with E-state index in [1.807, 2.05) is 6.92 Å². The van der Waals surface area contributed by atoms with E-state index in [1.54, 1.807) is 26.4 Å². The van der Waals surface area contributed by atoms with Crippen LogP contribution in [0.4, 0.5) is 0 Å². The number of benzene rings is 2. The van der Waals surface area contributed by atoms with Crippen molar-refractivity contribution in [2.24, 2.45) is 0 Å². The molecule has 2 heterocycles. The second-order valence-electron chi connectivity index (χ2n) is 13.0. The Bertz CT molecular complexity index is 1850. The molecular weight excluding hydrogens is 786 g/mol. The van der Waals surface area contributed by atoms with Gasteiger partial charge in [0, 0.05) is 24.8 Å². The van der Waals surface area contributed by atoms with E-state index in [0.29, 0.717) is 36.3 Å². The topological polar surface area (TPSA) is 215 Å². The summed E-state index contributed by atoms with van der Waals surface area (Å²) in [4.78, 5) is 58.1. The van der Waals surface area contributed by atoms with Crippen molar-refractivity contribution >= 4 is 69.7 Å². The maximum Gasteiger partial charge on any atom is 0.404 e. The van der Waals surface area contributed by atoms with Gasteiger partial charge in [0.25, 0.3) is 10.9 Å². The molecule has 2 N–H and O–H groups in total. The van der Waals surface area contributed by atoms with Crippen molar-refractivity contribution in [3.8, 4) is 0 Å². The lowest BCUT2D eigenvalue weighted by Crippen LogP contribution is -2.52. The third-order valence-electron chi connectivity index (χ3n) is 10.2. The number of aliphatic hydroxyl groups is 1. The number of aliphatic hydroxyl groups excluding tert-OH is 1. The van der Waals surface area contributed by atoms with Crippen LogP contribution < -0.4 is 0 Å². The molecule has 19 heteroatoms. The fraction of sp³-hybridized carbons (Fsp3) is 0.500. The van der Waals surface area contributed by atoms with Crippen LogP contribution in [0.25, 0.3) is 5.57 Å². The van der Waals surface area contributed by atoms with Crippen molar-refractivity contribution in [2.75, 3.05) is 14.2 Å². The highest BCUT2D eigenvalue weighted by Gasteiger charge is 2.75. The fourth-order valence-corrected chi connectivity index (χ4v) is 8.28. The number of rotatable bonds is 5. The Balaban J connectivity index is 0.000000216. The predicted octanol–water partition coefficient (Wildman–Crippen LogP) is 7.34. The Morgan fingerprint density at radius 3 is 1.75 bits per heavy atom. The molecular formula is C34H36Cl4N2O13. The van der Waals surface area contributed by atoms with Crippen molar-refractivity contribution in [3.05, 3.63) is 92.6 Å². The molecule has 4 aliphatic rings. The normalized spacial score (nSPS) is 27.8. The monoisotopic (exact) mass is 820 g/mol. The van der Waals surface area contributed by atoms with Crippen LogP contribution in [0.2, 0.25) is 20.1 Å². The lowest BCUT2D eigenvalue weighted by molar-refractivity contribution is -0.742. The van der Waals surface area contributed by atoms with Gasteiger partial charge in [-0.25, -0.2) is 9.59 Å². The first-order chi connectivity index (χ1) is 24.8. The fourth-order valence-electron chi connectivity index (χ4n) is 7.31. The summed E-state index contributed by atoms with van der Waals surface area (Å²) in [7, 11) is 3.22. The first-order valence-corrected chi connectivity index (χ1v) is 17.7. The molecule has 0 amide bonds. The van der Waals surface area contributed by atoms with Crippen molar-refractivity contribution in [1.82, 2.24) is 0 Å². The van der Waals surface area contributed by atoms with E-state index in [9.17, 15) is 29.6 Å². The van der Waals surface area contributed by atoms with Crippen molar-refractivity contribution in [1.29, 1.82) is 0 Å². The lowest BCUT2D eigenvalue weighted by Gasteiger charge is -2.35. The molecule has 0 bridgehead atoms. The molecule has 2 aliphatic heterocycles. The number of hydrogen-bond donors (Lipinski definition) is 2. The van der Waals surface area contributed by atoms with Gasteiger partial charge in [-0.05, 0) is 94.5 Å². The molecule has 2 aromatic carbocycles. The minimum atomic E-state index is -2.70. The molecule has 0 radical (unpaired) electrons. The van der Waals surface area contributed by atoms with Crippen molar-refractivity contribution in [2.45, 2.75) is 94.2 Å². The minimum absolute atomic E-state index is 0.0377. The zero-order valence-corrected chi connectivity index (χ0v) is 31.9. The van der Waals surface area contributed by atoms with Gasteiger partial charge in [0.05, 0.1) is 37.8 Å². The van der Waals surface area contributed by atoms with E-state index < -0.39 is 44.5 Å². The highest BCUT2D eigenvalue weighted by atomic mass is 35.5. The van der Waals surface area contributed by atoms with E-state index in [0.717, 1.165) is 18.4 Å². The molecule has 1 saturated heterocycles. The summed E-state index contributed by atoms with van der Waals surface area (Å²) in [6.45, 7) is 3.31. The number of ether oxygens (including phenoxy) is 4. The number of nitro groups is 1. The molecule has 53 heavy (non-hydrogen) atoms. The molecule has 15 nitrogen and oxygen atoms in total. The molecule has 288 valence electrons. The van der Waals surface area contributed by atoms with E-state index >= 15 is 0 Å². The van der Waals surface area contributed by atoms with Crippen LogP contribution >= 0.6 is 46.4 Å². The number of carbonyl (C=O) groups excluding carboxylic acids is 3. The van der Waals surface area contributed by atoms with Crippen LogP contribution in [-0.2, 0) is 38.9 Å². The zero-order chi connectivity index (χ0) is 39.6. The van der Waals surface area contributed by atoms with Gasteiger partial charge >= 0.3 is 17.5 Å². The number of methoxy groups -OCH3 is 2. The molecule has 0 aromatic heterocycles. The molecule has 2 aliphatic carbocycles. The van der Waals surface area contributed by atoms with Crippen LogP contribution in [0.3, 0.4) is 0 Å². The van der Waals surface area contributed by atoms with Crippen molar-refractivity contribution < 1.29 is 53.7 Å². The summed E-state index contributed by atoms with van der Waals surface area (Å²) in [6.07, 6.45) is 3.84. The van der Waals surface area contributed by atoms with Gasteiger partial charge in [-0.1, -0.05) is 52.5 Å². The third kappa shape index (κ3) is 7.64. The first-order valence-electron chi connectivity index (χ1n) is 16.2. The average Bonchev–Trinajstić information content (AvgIpc) is 3.47. The molecule has 3 fully saturated rings. The highest BCUT2D eigenvalue weighted by Crippen LogP contribution is 2.51. The number of Topliss-reactive ketones (excluding diaryl/α,β-unsaturated/α-hetero) is 1. The molecule has 2 saturated carbocycles. The summed E-state index contributed by atoms with van der Waals surface area (Å²) >= 11 is 24.6. The quantitative estimate of drug-likeness (QED) is 0.131. The standard InChI is InChI=1S/C17H17Cl2NO6.C17H18Cl2O4.HNO3/c1-9-11(18)3-4-12(19)13(9)17(20(23)24)14(21)16(26-15(17)22)7-5-10(25-2)6-8-16;1-9-3-4-11(18)14(19)12(9)13-15(20)17(23-16(13)21)7-5-10(22-2)6-8-17;2-1(3)4/h3-4,10H,5-8H2,1-2H3;3-4,10,20H,5-8H2,1-2H3;(H,2,3,4). The van der Waals surface area contributed by atoms with Gasteiger partial charge < -0.3 is 29.3 Å². The summed E-state index contributed by atoms with van der Waals surface area (Å²) in [6, 6.07) is 6.23. The minimum Gasteiger partial charge on any atom is -0.507 e. The Hall–Kier alpha value is -3.73. The number of esters is 2. The average molecular weight is 822 g/mol.